The van der Waals surface area contributed by atoms with Gasteiger partial charge in [-0.15, -0.1) is 0 Å². The summed E-state index contributed by atoms with van der Waals surface area (Å²) < 4.78 is 0. The van der Waals surface area contributed by atoms with Crippen molar-refractivity contribution in [2.75, 3.05) is 0 Å². The summed E-state index contributed by atoms with van der Waals surface area (Å²) in [5, 5.41) is 3.01. The summed E-state index contributed by atoms with van der Waals surface area (Å²) >= 11 is 10.3. The van der Waals surface area contributed by atoms with Crippen LogP contribution in [0.4, 0.5) is 5.69 Å². The Morgan fingerprint density at radius 1 is 1.55 bits per heavy atom. The van der Waals surface area contributed by atoms with Gasteiger partial charge in [-0.3, -0.25) is 0 Å². The number of aliphatic imine (C=N–C) groups is 1. The van der Waals surface area contributed by atoms with E-state index >= 15 is 0 Å². The van der Waals surface area contributed by atoms with E-state index in [2.05, 4.69) is 22.4 Å². The molecule has 0 aliphatic carbocycles. The van der Waals surface area contributed by atoms with Crippen molar-refractivity contribution in [1.29, 1.82) is 0 Å². The Balaban J connectivity index is 3.26. The van der Waals surface area contributed by atoms with Crippen LogP contribution in [0.25, 0.3) is 0 Å². The van der Waals surface area contributed by atoms with Gasteiger partial charge in [0.25, 0.3) is 0 Å². The molecule has 0 radical (unpaired) electrons. The summed E-state index contributed by atoms with van der Waals surface area (Å²) in [6.07, 6.45) is 0. The first kappa shape index (κ1) is 8.41. The molecule has 0 saturated heterocycles. The van der Waals surface area contributed by atoms with Crippen molar-refractivity contribution < 1.29 is 0 Å². The van der Waals surface area contributed by atoms with Gasteiger partial charge in [-0.05, 0) is 36.8 Å². The number of hydrogen-bond acceptors (Lipinski definition) is 2. The molecule has 0 heterocycles. The van der Waals surface area contributed by atoms with E-state index in [1.54, 1.807) is 0 Å². The summed E-state index contributed by atoms with van der Waals surface area (Å²) in [7, 11) is 0. The number of benzene rings is 1. The number of thiocarbonyl (C=S) groups is 1. The Bertz CT molecular complexity index is 316. The molecule has 1 aromatic rings. The zero-order chi connectivity index (χ0) is 8.27. The van der Waals surface area contributed by atoms with Crippen molar-refractivity contribution in [3.05, 3.63) is 28.8 Å². The van der Waals surface area contributed by atoms with Crippen LogP contribution in [0, 0.1) is 6.92 Å². The van der Waals surface area contributed by atoms with Crippen LogP contribution >= 0.6 is 23.8 Å². The highest BCUT2D eigenvalue weighted by Crippen LogP contribution is 2.24. The van der Waals surface area contributed by atoms with Gasteiger partial charge in [0.2, 0.25) is 0 Å². The van der Waals surface area contributed by atoms with Crippen molar-refractivity contribution in [3.63, 3.8) is 0 Å². The van der Waals surface area contributed by atoms with E-state index in [9.17, 15) is 0 Å². The molecule has 1 rings (SSSR count). The number of rotatable bonds is 1. The first-order valence-electron chi connectivity index (χ1n) is 3.08. The molecule has 0 fully saturated rings. The number of halogens is 1. The lowest BCUT2D eigenvalue weighted by molar-refractivity contribution is 1.41. The molecule has 11 heavy (non-hydrogen) atoms. The van der Waals surface area contributed by atoms with Crippen LogP contribution in [0.2, 0.25) is 5.02 Å². The van der Waals surface area contributed by atoms with Gasteiger partial charge in [-0.2, -0.15) is 4.99 Å². The van der Waals surface area contributed by atoms with Crippen LogP contribution in [0.1, 0.15) is 5.56 Å². The van der Waals surface area contributed by atoms with E-state index in [-0.39, 0.29) is 0 Å². The summed E-state index contributed by atoms with van der Waals surface area (Å²) in [5.74, 6) is 0. The van der Waals surface area contributed by atoms with Crippen molar-refractivity contribution in [3.8, 4) is 0 Å². The lowest BCUT2D eigenvalue weighted by Crippen LogP contribution is -1.74. The Labute approximate surface area is 75.7 Å². The molecule has 0 unspecified atom stereocenters. The maximum absolute atomic E-state index is 5.83. The Morgan fingerprint density at radius 3 is 2.91 bits per heavy atom. The highest BCUT2D eigenvalue weighted by Gasteiger charge is 1.98. The molecule has 0 N–H and O–H groups in total. The SMILES string of the molecule is Cc1c(Cl)cccc1N=C=S. The van der Waals surface area contributed by atoms with Crippen LogP contribution in [0.15, 0.2) is 23.2 Å². The molecule has 0 aromatic heterocycles. The second kappa shape index (κ2) is 3.63. The van der Waals surface area contributed by atoms with E-state index in [0.717, 1.165) is 11.3 Å². The predicted octanol–water partition coefficient (Wildman–Crippen LogP) is 3.38. The predicted molar refractivity (Wildman–Crippen MR) is 50.9 cm³/mol. The smallest absolute Gasteiger partial charge is 0.0783 e. The van der Waals surface area contributed by atoms with Crippen LogP contribution in [0.5, 0.6) is 0 Å². The van der Waals surface area contributed by atoms with E-state index in [1.807, 2.05) is 25.1 Å². The van der Waals surface area contributed by atoms with E-state index in [4.69, 9.17) is 11.6 Å². The molecule has 0 saturated carbocycles. The van der Waals surface area contributed by atoms with E-state index in [0.29, 0.717) is 5.02 Å². The van der Waals surface area contributed by atoms with Gasteiger partial charge >= 0.3 is 0 Å². The van der Waals surface area contributed by atoms with Gasteiger partial charge in [0.05, 0.1) is 10.8 Å². The van der Waals surface area contributed by atoms with Crippen molar-refractivity contribution in [1.82, 2.24) is 0 Å². The first-order chi connectivity index (χ1) is 5.25. The first-order valence-corrected chi connectivity index (χ1v) is 3.87. The van der Waals surface area contributed by atoms with Crippen molar-refractivity contribution in [2.45, 2.75) is 6.92 Å². The molecule has 1 nitrogen and oxygen atoms in total. The molecule has 0 bridgehead atoms. The second-order valence-corrected chi connectivity index (χ2v) is 2.68. The van der Waals surface area contributed by atoms with Gasteiger partial charge < -0.3 is 0 Å². The monoisotopic (exact) mass is 183 g/mol. The zero-order valence-electron chi connectivity index (χ0n) is 5.97. The van der Waals surface area contributed by atoms with Crippen LogP contribution in [-0.4, -0.2) is 5.16 Å². The van der Waals surface area contributed by atoms with Gasteiger partial charge in [-0.1, -0.05) is 17.7 Å². The largest absolute Gasteiger partial charge is 0.194 e. The van der Waals surface area contributed by atoms with E-state index in [1.165, 1.54) is 0 Å². The Kier molecular flexibility index (Phi) is 2.77. The average Bonchev–Trinajstić information content (AvgIpc) is 1.99. The molecule has 0 aliphatic heterocycles. The molecule has 0 atom stereocenters. The van der Waals surface area contributed by atoms with Crippen molar-refractivity contribution in [2.24, 2.45) is 4.99 Å². The highest BCUT2D eigenvalue weighted by atomic mass is 35.5. The normalized spacial score (nSPS) is 8.91. The van der Waals surface area contributed by atoms with E-state index < -0.39 is 0 Å². The fourth-order valence-corrected chi connectivity index (χ4v) is 1.03. The maximum Gasteiger partial charge on any atom is 0.0783 e. The average molecular weight is 184 g/mol. The fraction of sp³-hybridized carbons (Fsp3) is 0.125. The molecule has 0 amide bonds. The van der Waals surface area contributed by atoms with Gasteiger partial charge in [-0.25, -0.2) is 0 Å². The topological polar surface area (TPSA) is 12.4 Å². The second-order valence-electron chi connectivity index (χ2n) is 2.09. The lowest BCUT2D eigenvalue weighted by atomic mass is 10.2. The lowest BCUT2D eigenvalue weighted by Gasteiger charge is -1.98. The van der Waals surface area contributed by atoms with Gasteiger partial charge in [0.15, 0.2) is 0 Å². The zero-order valence-corrected chi connectivity index (χ0v) is 7.54. The third-order valence-electron chi connectivity index (χ3n) is 1.41. The molecular weight excluding hydrogens is 178 g/mol. The quantitative estimate of drug-likeness (QED) is 0.480. The summed E-state index contributed by atoms with van der Waals surface area (Å²) in [4.78, 5) is 3.85. The third kappa shape index (κ3) is 1.87. The summed E-state index contributed by atoms with van der Waals surface area (Å²) in [6, 6.07) is 5.50. The van der Waals surface area contributed by atoms with Gasteiger partial charge in [0, 0.05) is 5.02 Å². The van der Waals surface area contributed by atoms with Crippen LogP contribution in [0.3, 0.4) is 0 Å². The molecular formula is C8H6ClNS. The molecule has 3 heteroatoms. The summed E-state index contributed by atoms with van der Waals surface area (Å²) in [6.45, 7) is 1.90. The van der Waals surface area contributed by atoms with Gasteiger partial charge in [0.1, 0.15) is 0 Å². The Hall–Kier alpha value is -0.690. The minimum Gasteiger partial charge on any atom is -0.194 e. The van der Waals surface area contributed by atoms with Crippen molar-refractivity contribution >= 4 is 34.7 Å². The highest BCUT2D eigenvalue weighted by molar-refractivity contribution is 7.78. The van der Waals surface area contributed by atoms with Crippen LogP contribution < -0.4 is 0 Å². The van der Waals surface area contributed by atoms with Crippen LogP contribution in [-0.2, 0) is 0 Å². The standard InChI is InChI=1S/C8H6ClNS/c1-6-7(9)3-2-4-8(6)10-5-11/h2-4H,1H3. The summed E-state index contributed by atoms with van der Waals surface area (Å²) in [5.41, 5.74) is 1.72. The minimum atomic E-state index is 0.705. The minimum absolute atomic E-state index is 0.705. The molecule has 1 aromatic carbocycles. The fourth-order valence-electron chi connectivity index (χ4n) is 0.766. The number of hydrogen-bond donors (Lipinski definition) is 0. The third-order valence-corrected chi connectivity index (χ3v) is 1.91. The maximum atomic E-state index is 5.83. The number of isothiocyanates is 1. The molecule has 0 spiro atoms. The number of nitrogens with zero attached hydrogens (tertiary/aromatic N) is 1. The molecule has 56 valence electrons. The Morgan fingerprint density at radius 2 is 2.27 bits per heavy atom. The molecule has 0 aliphatic rings.